The predicted molar refractivity (Wildman–Crippen MR) is 116 cm³/mol. The van der Waals surface area contributed by atoms with Crippen LogP contribution < -0.4 is 0 Å². The highest BCUT2D eigenvalue weighted by atomic mass is 16.3. The summed E-state index contributed by atoms with van der Waals surface area (Å²) in [6.45, 7) is 8.37. The lowest BCUT2D eigenvalue weighted by Crippen LogP contribution is -2.42. The van der Waals surface area contributed by atoms with Crippen molar-refractivity contribution in [3.8, 4) is 0 Å². The van der Waals surface area contributed by atoms with Crippen LogP contribution in [0.4, 0.5) is 0 Å². The molecule has 0 amide bonds. The molecule has 3 aliphatic rings. The third-order valence-electron chi connectivity index (χ3n) is 8.17. The molecule has 0 aromatic carbocycles. The van der Waals surface area contributed by atoms with Crippen LogP contribution >= 0.6 is 0 Å². The van der Waals surface area contributed by atoms with Crippen molar-refractivity contribution in [2.24, 2.45) is 29.6 Å². The zero-order chi connectivity index (χ0) is 19.4. The van der Waals surface area contributed by atoms with Crippen molar-refractivity contribution in [2.45, 2.75) is 104 Å². The molecule has 7 unspecified atom stereocenters. The van der Waals surface area contributed by atoms with Gasteiger partial charge in [0.15, 0.2) is 0 Å². The molecule has 0 radical (unpaired) electrons. The van der Waals surface area contributed by atoms with Crippen LogP contribution in [0.15, 0.2) is 11.6 Å². The van der Waals surface area contributed by atoms with Gasteiger partial charge in [-0.1, -0.05) is 58.1 Å². The van der Waals surface area contributed by atoms with E-state index < -0.39 is 0 Å². The van der Waals surface area contributed by atoms with E-state index in [0.29, 0.717) is 12.0 Å². The summed E-state index contributed by atoms with van der Waals surface area (Å²) in [5, 5.41) is 11.0. The molecule has 2 nitrogen and oxygen atoms in total. The fourth-order valence-electron chi connectivity index (χ4n) is 6.49. The number of aliphatic hydroxyl groups excluding tert-OH is 1. The topological polar surface area (TPSA) is 23.5 Å². The quantitative estimate of drug-likeness (QED) is 0.548. The standard InChI is InChI=1S/C25H45NO/c1-5-9-18(2)12-15-24(27)20-14-13-19(3)23(16-20)25-22-11-8-6-7-10-21(22)17-26(25)4/h11,18-21,23-25,27H,5-10,12-17H2,1-4H3. The summed E-state index contributed by atoms with van der Waals surface area (Å²) in [6, 6.07) is 0.650. The zero-order valence-corrected chi connectivity index (χ0v) is 18.5. The Morgan fingerprint density at radius 3 is 2.74 bits per heavy atom. The average molecular weight is 376 g/mol. The van der Waals surface area contributed by atoms with Gasteiger partial charge in [-0.3, -0.25) is 4.90 Å². The maximum atomic E-state index is 11.0. The van der Waals surface area contributed by atoms with E-state index in [1.165, 1.54) is 70.8 Å². The van der Waals surface area contributed by atoms with Gasteiger partial charge in [0.25, 0.3) is 0 Å². The summed E-state index contributed by atoms with van der Waals surface area (Å²) in [6.07, 6.45) is 16.6. The molecular formula is C25H45NO. The molecule has 2 aliphatic carbocycles. The average Bonchev–Trinajstić information content (AvgIpc) is 2.80. The SMILES string of the molecule is CCCC(C)CCC(O)C1CCC(C)C(C2C3=CCCCCC3CN2C)C1. The lowest BCUT2D eigenvalue weighted by atomic mass is 9.68. The third-order valence-corrected chi connectivity index (χ3v) is 8.17. The van der Waals surface area contributed by atoms with Crippen LogP contribution in [0.2, 0.25) is 0 Å². The number of aliphatic hydroxyl groups is 1. The van der Waals surface area contributed by atoms with E-state index in [1.54, 1.807) is 5.57 Å². The van der Waals surface area contributed by atoms with Crippen molar-refractivity contribution in [1.29, 1.82) is 0 Å². The van der Waals surface area contributed by atoms with Crippen LogP contribution in [0.5, 0.6) is 0 Å². The van der Waals surface area contributed by atoms with Crippen LogP contribution in [0.3, 0.4) is 0 Å². The first-order chi connectivity index (χ1) is 13.0. The first-order valence-electron chi connectivity index (χ1n) is 12.1. The van der Waals surface area contributed by atoms with E-state index in [4.69, 9.17) is 0 Å². The van der Waals surface area contributed by atoms with Gasteiger partial charge >= 0.3 is 0 Å². The number of rotatable bonds is 7. The molecule has 1 saturated carbocycles. The molecule has 0 spiro atoms. The Labute approximate surface area is 168 Å². The number of nitrogens with zero attached hydrogens (tertiary/aromatic N) is 1. The number of likely N-dealkylation sites (tertiary alicyclic amines) is 1. The Bertz CT molecular complexity index is 487. The number of hydrogen-bond donors (Lipinski definition) is 1. The second-order valence-corrected chi connectivity index (χ2v) is 10.3. The Morgan fingerprint density at radius 2 is 1.96 bits per heavy atom. The van der Waals surface area contributed by atoms with Gasteiger partial charge in [-0.15, -0.1) is 0 Å². The fraction of sp³-hybridized carbons (Fsp3) is 0.920. The molecule has 1 heterocycles. The minimum Gasteiger partial charge on any atom is -0.393 e. The number of allylic oxidation sites excluding steroid dienone is 1. The van der Waals surface area contributed by atoms with Gasteiger partial charge in [0.1, 0.15) is 0 Å². The normalized spacial score (nSPS) is 37.4. The van der Waals surface area contributed by atoms with Crippen molar-refractivity contribution in [2.75, 3.05) is 13.6 Å². The first-order valence-corrected chi connectivity index (χ1v) is 12.1. The summed E-state index contributed by atoms with van der Waals surface area (Å²) in [7, 11) is 2.36. The summed E-state index contributed by atoms with van der Waals surface area (Å²) in [5.41, 5.74) is 1.78. The van der Waals surface area contributed by atoms with Gasteiger partial charge in [-0.05, 0) is 81.6 Å². The zero-order valence-electron chi connectivity index (χ0n) is 18.5. The predicted octanol–water partition coefficient (Wildman–Crippen LogP) is 6.05. The Morgan fingerprint density at radius 1 is 1.15 bits per heavy atom. The molecule has 3 rings (SSSR count). The Hall–Kier alpha value is -0.340. The van der Waals surface area contributed by atoms with E-state index in [1.807, 2.05) is 0 Å². The van der Waals surface area contributed by atoms with Crippen LogP contribution in [0.1, 0.15) is 91.4 Å². The molecule has 2 fully saturated rings. The molecule has 27 heavy (non-hydrogen) atoms. The van der Waals surface area contributed by atoms with E-state index in [2.05, 4.69) is 38.8 Å². The minimum atomic E-state index is -0.0788. The minimum absolute atomic E-state index is 0.0788. The molecular weight excluding hydrogens is 330 g/mol. The van der Waals surface area contributed by atoms with Crippen LogP contribution in [-0.4, -0.2) is 35.7 Å². The van der Waals surface area contributed by atoms with E-state index >= 15 is 0 Å². The van der Waals surface area contributed by atoms with E-state index in [9.17, 15) is 5.11 Å². The van der Waals surface area contributed by atoms with Gasteiger partial charge in [0.2, 0.25) is 0 Å². The molecule has 0 bridgehead atoms. The lowest BCUT2D eigenvalue weighted by Gasteiger charge is -2.42. The molecule has 0 aromatic rings. The fourth-order valence-corrected chi connectivity index (χ4v) is 6.49. The van der Waals surface area contributed by atoms with Gasteiger partial charge in [0, 0.05) is 12.6 Å². The van der Waals surface area contributed by atoms with Gasteiger partial charge in [-0.2, -0.15) is 0 Å². The first kappa shape index (κ1) is 21.4. The van der Waals surface area contributed by atoms with Crippen molar-refractivity contribution in [3.63, 3.8) is 0 Å². The van der Waals surface area contributed by atoms with Gasteiger partial charge in [-0.25, -0.2) is 0 Å². The Balaban J connectivity index is 1.63. The summed E-state index contributed by atoms with van der Waals surface area (Å²) in [5.74, 6) is 3.64. The molecule has 2 heteroatoms. The van der Waals surface area contributed by atoms with E-state index in [0.717, 1.165) is 30.1 Å². The Kier molecular flexibility index (Phi) is 7.85. The summed E-state index contributed by atoms with van der Waals surface area (Å²) in [4.78, 5) is 2.67. The van der Waals surface area contributed by atoms with Gasteiger partial charge < -0.3 is 5.11 Å². The maximum Gasteiger partial charge on any atom is 0.0568 e. The van der Waals surface area contributed by atoms with Crippen molar-refractivity contribution in [3.05, 3.63) is 11.6 Å². The highest BCUT2D eigenvalue weighted by molar-refractivity contribution is 5.23. The van der Waals surface area contributed by atoms with Crippen LogP contribution in [0, 0.1) is 29.6 Å². The summed E-state index contributed by atoms with van der Waals surface area (Å²) >= 11 is 0. The highest BCUT2D eigenvalue weighted by Crippen LogP contribution is 2.46. The lowest BCUT2D eigenvalue weighted by molar-refractivity contribution is 0.0272. The highest BCUT2D eigenvalue weighted by Gasteiger charge is 2.44. The second kappa shape index (κ2) is 9.92. The second-order valence-electron chi connectivity index (χ2n) is 10.3. The van der Waals surface area contributed by atoms with E-state index in [-0.39, 0.29) is 6.10 Å². The largest absolute Gasteiger partial charge is 0.393 e. The molecule has 1 aliphatic heterocycles. The van der Waals surface area contributed by atoms with Crippen molar-refractivity contribution >= 4 is 0 Å². The maximum absolute atomic E-state index is 11.0. The molecule has 7 atom stereocenters. The summed E-state index contributed by atoms with van der Waals surface area (Å²) < 4.78 is 0. The number of fused-ring (bicyclic) bond motifs is 1. The molecule has 1 saturated heterocycles. The molecule has 156 valence electrons. The van der Waals surface area contributed by atoms with Crippen molar-refractivity contribution < 1.29 is 5.11 Å². The monoisotopic (exact) mass is 375 g/mol. The number of likely N-dealkylation sites (N-methyl/N-ethyl adjacent to an activating group) is 1. The molecule has 0 aromatic heterocycles. The third kappa shape index (κ3) is 5.18. The van der Waals surface area contributed by atoms with Crippen LogP contribution in [0.25, 0.3) is 0 Å². The van der Waals surface area contributed by atoms with Crippen molar-refractivity contribution in [1.82, 2.24) is 4.90 Å². The number of hydrogen-bond acceptors (Lipinski definition) is 2. The van der Waals surface area contributed by atoms with Gasteiger partial charge in [0.05, 0.1) is 6.10 Å². The molecule has 1 N–H and O–H groups in total. The smallest absolute Gasteiger partial charge is 0.0568 e. The van der Waals surface area contributed by atoms with Crippen LogP contribution in [-0.2, 0) is 0 Å².